The van der Waals surface area contributed by atoms with E-state index in [1.165, 1.54) is 28.6 Å². The van der Waals surface area contributed by atoms with Crippen LogP contribution in [0.2, 0.25) is 0 Å². The Morgan fingerprint density at radius 2 is 1.76 bits per heavy atom. The molecule has 3 rings (SSSR count). The summed E-state index contributed by atoms with van der Waals surface area (Å²) in [5.41, 5.74) is -0.359. The summed E-state index contributed by atoms with van der Waals surface area (Å²) in [7, 11) is -3.79. The van der Waals surface area contributed by atoms with Gasteiger partial charge in [0, 0.05) is 19.2 Å². The summed E-state index contributed by atoms with van der Waals surface area (Å²) in [5, 5.41) is 14.2. The number of hydrogen-bond donors (Lipinski definition) is 1. The average Bonchev–Trinajstić information content (AvgIpc) is 2.99. The Morgan fingerprint density at radius 3 is 2.33 bits per heavy atom. The fourth-order valence-electron chi connectivity index (χ4n) is 2.97. The van der Waals surface area contributed by atoms with Crippen LogP contribution in [0.3, 0.4) is 0 Å². The molecule has 7 nitrogen and oxygen atoms in total. The summed E-state index contributed by atoms with van der Waals surface area (Å²) in [6.45, 7) is 2.50. The smallest absolute Gasteiger partial charge is 0.289 e. The van der Waals surface area contributed by atoms with Gasteiger partial charge in [-0.15, -0.1) is 12.4 Å². The zero-order chi connectivity index (χ0) is 14.3. The van der Waals surface area contributed by atoms with Crippen molar-refractivity contribution < 1.29 is 13.3 Å². The Bertz CT molecular complexity index is 640. The number of nitro benzene ring substituents is 1. The van der Waals surface area contributed by atoms with Crippen molar-refractivity contribution in [2.24, 2.45) is 11.8 Å². The Balaban J connectivity index is 0.00000161. The van der Waals surface area contributed by atoms with Gasteiger partial charge in [0.05, 0.1) is 4.92 Å². The lowest BCUT2D eigenvalue weighted by Crippen LogP contribution is -2.32. The molecule has 2 aliphatic rings. The Labute approximate surface area is 128 Å². The van der Waals surface area contributed by atoms with Crippen molar-refractivity contribution >= 4 is 28.1 Å². The van der Waals surface area contributed by atoms with Crippen molar-refractivity contribution in [2.75, 3.05) is 26.2 Å². The zero-order valence-electron chi connectivity index (χ0n) is 11.1. The molecule has 9 heteroatoms. The van der Waals surface area contributed by atoms with Crippen molar-refractivity contribution in [3.8, 4) is 0 Å². The van der Waals surface area contributed by atoms with Gasteiger partial charge < -0.3 is 5.32 Å². The Hall–Kier alpha value is -1.22. The second-order valence-corrected chi connectivity index (χ2v) is 7.13. The van der Waals surface area contributed by atoms with Gasteiger partial charge in [0.25, 0.3) is 5.69 Å². The van der Waals surface area contributed by atoms with E-state index in [0.29, 0.717) is 24.9 Å². The minimum atomic E-state index is -3.79. The van der Waals surface area contributed by atoms with Gasteiger partial charge in [0.15, 0.2) is 4.90 Å². The van der Waals surface area contributed by atoms with Crippen LogP contribution in [-0.2, 0) is 10.0 Å². The van der Waals surface area contributed by atoms with E-state index in [4.69, 9.17) is 0 Å². The molecule has 2 aliphatic heterocycles. The summed E-state index contributed by atoms with van der Waals surface area (Å²) >= 11 is 0. The number of benzene rings is 1. The monoisotopic (exact) mass is 333 g/mol. The lowest BCUT2D eigenvalue weighted by atomic mass is 10.0. The van der Waals surface area contributed by atoms with Gasteiger partial charge in [-0.2, -0.15) is 4.31 Å². The second kappa shape index (κ2) is 5.88. The summed E-state index contributed by atoms with van der Waals surface area (Å²) in [4.78, 5) is 10.1. The second-order valence-electron chi connectivity index (χ2n) is 5.23. The molecular formula is C12H16ClN3O4S. The highest BCUT2D eigenvalue weighted by atomic mass is 35.5. The Morgan fingerprint density at radius 1 is 1.19 bits per heavy atom. The van der Waals surface area contributed by atoms with Crippen LogP contribution in [0, 0.1) is 22.0 Å². The fourth-order valence-corrected chi connectivity index (χ4v) is 4.68. The largest absolute Gasteiger partial charge is 0.316 e. The highest BCUT2D eigenvalue weighted by molar-refractivity contribution is 7.89. The first-order chi connectivity index (χ1) is 9.50. The van der Waals surface area contributed by atoms with Crippen LogP contribution >= 0.6 is 12.4 Å². The SMILES string of the molecule is Cl.O=[N+]([O-])c1ccccc1S(=O)(=O)N1C[C@H]2CNC[C@H]2C1. The first-order valence-corrected chi connectivity index (χ1v) is 7.88. The molecule has 0 saturated carbocycles. The van der Waals surface area contributed by atoms with E-state index in [0.717, 1.165) is 13.1 Å². The molecule has 2 fully saturated rings. The number of halogens is 1. The number of fused-ring (bicyclic) bond motifs is 1. The van der Waals surface area contributed by atoms with Gasteiger partial charge in [-0.05, 0) is 31.0 Å². The molecule has 0 bridgehead atoms. The van der Waals surface area contributed by atoms with Crippen molar-refractivity contribution in [1.29, 1.82) is 0 Å². The summed E-state index contributed by atoms with van der Waals surface area (Å²) < 4.78 is 26.6. The number of nitrogens with one attached hydrogen (secondary N) is 1. The van der Waals surface area contributed by atoms with Gasteiger partial charge in [0.2, 0.25) is 10.0 Å². The zero-order valence-corrected chi connectivity index (χ0v) is 12.8. The third kappa shape index (κ3) is 2.76. The van der Waals surface area contributed by atoms with Crippen LogP contribution < -0.4 is 5.32 Å². The molecule has 0 aromatic heterocycles. The molecule has 116 valence electrons. The topological polar surface area (TPSA) is 92.5 Å². The number of hydrogen-bond acceptors (Lipinski definition) is 5. The van der Waals surface area contributed by atoms with Crippen LogP contribution in [-0.4, -0.2) is 43.8 Å². The van der Waals surface area contributed by atoms with E-state index in [-0.39, 0.29) is 23.0 Å². The normalized spacial score (nSPS) is 25.3. The molecule has 1 aromatic rings. The summed E-state index contributed by atoms with van der Waals surface area (Å²) in [6.07, 6.45) is 0. The molecular weight excluding hydrogens is 318 g/mol. The van der Waals surface area contributed by atoms with Crippen LogP contribution in [0.4, 0.5) is 5.69 Å². The first kappa shape index (κ1) is 16.2. The van der Waals surface area contributed by atoms with Gasteiger partial charge in [0.1, 0.15) is 0 Å². The van der Waals surface area contributed by atoms with E-state index >= 15 is 0 Å². The predicted octanol–water partition coefficient (Wildman–Crippen LogP) is 0.856. The average molecular weight is 334 g/mol. The number of nitro groups is 1. The van der Waals surface area contributed by atoms with Gasteiger partial charge >= 0.3 is 0 Å². The van der Waals surface area contributed by atoms with Gasteiger partial charge in [-0.3, -0.25) is 10.1 Å². The molecule has 21 heavy (non-hydrogen) atoms. The number of nitrogens with zero attached hydrogens (tertiary/aromatic N) is 2. The third-order valence-corrected chi connectivity index (χ3v) is 5.91. The molecule has 2 heterocycles. The number of rotatable bonds is 3. The minimum absolute atomic E-state index is 0. The highest BCUT2D eigenvalue weighted by Crippen LogP contribution is 2.33. The van der Waals surface area contributed by atoms with E-state index in [1.807, 2.05) is 0 Å². The molecule has 0 unspecified atom stereocenters. The molecule has 1 aromatic carbocycles. The van der Waals surface area contributed by atoms with Crippen LogP contribution in [0.5, 0.6) is 0 Å². The fraction of sp³-hybridized carbons (Fsp3) is 0.500. The van der Waals surface area contributed by atoms with Crippen LogP contribution in [0.1, 0.15) is 0 Å². The number of para-hydroxylation sites is 1. The van der Waals surface area contributed by atoms with E-state index < -0.39 is 14.9 Å². The molecule has 0 spiro atoms. The van der Waals surface area contributed by atoms with E-state index in [2.05, 4.69) is 5.32 Å². The Kier molecular flexibility index (Phi) is 4.52. The van der Waals surface area contributed by atoms with Crippen molar-refractivity contribution in [3.05, 3.63) is 34.4 Å². The van der Waals surface area contributed by atoms with Crippen molar-refractivity contribution in [1.82, 2.24) is 9.62 Å². The first-order valence-electron chi connectivity index (χ1n) is 6.44. The summed E-state index contributed by atoms with van der Waals surface area (Å²) in [5.74, 6) is 0.625. The molecule has 0 amide bonds. The third-order valence-electron chi connectivity index (χ3n) is 4.04. The van der Waals surface area contributed by atoms with Gasteiger partial charge in [-0.25, -0.2) is 8.42 Å². The molecule has 1 N–H and O–H groups in total. The summed E-state index contributed by atoms with van der Waals surface area (Å²) in [6, 6.07) is 5.52. The van der Waals surface area contributed by atoms with Crippen molar-refractivity contribution in [3.63, 3.8) is 0 Å². The van der Waals surface area contributed by atoms with Gasteiger partial charge in [-0.1, -0.05) is 12.1 Å². The maximum Gasteiger partial charge on any atom is 0.289 e. The highest BCUT2D eigenvalue weighted by Gasteiger charge is 2.43. The lowest BCUT2D eigenvalue weighted by Gasteiger charge is -2.17. The molecule has 2 atom stereocenters. The van der Waals surface area contributed by atoms with Crippen LogP contribution in [0.25, 0.3) is 0 Å². The number of sulfonamides is 1. The van der Waals surface area contributed by atoms with Crippen LogP contribution in [0.15, 0.2) is 29.2 Å². The minimum Gasteiger partial charge on any atom is -0.316 e. The van der Waals surface area contributed by atoms with E-state index in [9.17, 15) is 18.5 Å². The molecule has 0 aliphatic carbocycles. The quantitative estimate of drug-likeness (QED) is 0.654. The lowest BCUT2D eigenvalue weighted by molar-refractivity contribution is -0.387. The van der Waals surface area contributed by atoms with E-state index in [1.54, 1.807) is 0 Å². The standard InChI is InChI=1S/C12H15N3O4S.ClH/c16-15(17)11-3-1-2-4-12(11)20(18,19)14-7-9-5-13-6-10(9)8-14;/h1-4,9-10,13H,5-8H2;1H/t9-,10+;. The predicted molar refractivity (Wildman–Crippen MR) is 79.0 cm³/mol. The maximum absolute atomic E-state index is 12.6. The molecule has 2 saturated heterocycles. The maximum atomic E-state index is 12.6. The van der Waals surface area contributed by atoms with Crippen molar-refractivity contribution in [2.45, 2.75) is 4.90 Å². The molecule has 0 radical (unpaired) electrons.